The first kappa shape index (κ1) is 9.99. The van der Waals surface area contributed by atoms with Gasteiger partial charge >= 0.3 is 0 Å². The highest BCUT2D eigenvalue weighted by molar-refractivity contribution is 5.04. The lowest BCUT2D eigenvalue weighted by atomic mass is 10.2. The zero-order chi connectivity index (χ0) is 9.84. The summed E-state index contributed by atoms with van der Waals surface area (Å²) in [7, 11) is 0. The van der Waals surface area contributed by atoms with Crippen molar-refractivity contribution < 1.29 is 0 Å². The molecule has 3 heteroatoms. The molecule has 1 unspecified atom stereocenters. The molecule has 2 N–H and O–H groups in total. The van der Waals surface area contributed by atoms with Crippen LogP contribution in [0, 0.1) is 0 Å². The summed E-state index contributed by atoms with van der Waals surface area (Å²) in [4.78, 5) is 4.10. The summed E-state index contributed by atoms with van der Waals surface area (Å²) < 4.78 is 2.10. The first-order valence-electron chi connectivity index (χ1n) is 4.55. The number of imidazole rings is 1. The van der Waals surface area contributed by atoms with Gasteiger partial charge < -0.3 is 10.3 Å². The highest BCUT2D eigenvalue weighted by atomic mass is 15.1. The minimum atomic E-state index is 0.0368. The summed E-state index contributed by atoms with van der Waals surface area (Å²) in [6.45, 7) is 7.82. The van der Waals surface area contributed by atoms with Crippen molar-refractivity contribution in [3.05, 3.63) is 30.9 Å². The van der Waals surface area contributed by atoms with E-state index in [0.717, 1.165) is 12.1 Å². The smallest absolute Gasteiger partial charge is 0.0951 e. The van der Waals surface area contributed by atoms with Crippen molar-refractivity contribution in [2.75, 3.05) is 0 Å². The van der Waals surface area contributed by atoms with Crippen LogP contribution in [0.2, 0.25) is 0 Å². The van der Waals surface area contributed by atoms with Crippen molar-refractivity contribution in [1.29, 1.82) is 0 Å². The maximum atomic E-state index is 5.81. The number of hydrogen-bond acceptors (Lipinski definition) is 2. The Morgan fingerprint density at radius 2 is 2.38 bits per heavy atom. The summed E-state index contributed by atoms with van der Waals surface area (Å²) >= 11 is 0. The van der Waals surface area contributed by atoms with Crippen molar-refractivity contribution in [2.24, 2.45) is 5.73 Å². The minimum absolute atomic E-state index is 0.0368. The molecule has 0 spiro atoms. The fourth-order valence-corrected chi connectivity index (χ4v) is 1.39. The van der Waals surface area contributed by atoms with Gasteiger partial charge in [-0.05, 0) is 20.3 Å². The van der Waals surface area contributed by atoms with E-state index in [1.54, 1.807) is 0 Å². The third kappa shape index (κ3) is 2.18. The number of rotatable bonds is 4. The van der Waals surface area contributed by atoms with Crippen LogP contribution < -0.4 is 5.73 Å². The number of allylic oxidation sites excluding steroid dienone is 1. The summed E-state index contributed by atoms with van der Waals surface area (Å²) in [5, 5.41) is 0. The largest absolute Gasteiger partial charge is 0.330 e. The lowest BCUT2D eigenvalue weighted by Gasteiger charge is -2.16. The van der Waals surface area contributed by atoms with Crippen molar-refractivity contribution in [3.63, 3.8) is 0 Å². The molecule has 1 heterocycles. The number of nitrogens with zero attached hydrogens (tertiary/aromatic N) is 2. The van der Waals surface area contributed by atoms with Crippen LogP contribution in [0.3, 0.4) is 0 Å². The molecule has 1 aromatic rings. The Balaban J connectivity index is 2.86. The fourth-order valence-electron chi connectivity index (χ4n) is 1.39. The quantitative estimate of drug-likeness (QED) is 0.719. The molecule has 0 bridgehead atoms. The molecule has 0 aliphatic rings. The van der Waals surface area contributed by atoms with Gasteiger partial charge in [-0.2, -0.15) is 0 Å². The van der Waals surface area contributed by atoms with Gasteiger partial charge in [-0.1, -0.05) is 6.08 Å². The van der Waals surface area contributed by atoms with E-state index in [1.165, 1.54) is 0 Å². The van der Waals surface area contributed by atoms with Gasteiger partial charge in [0.1, 0.15) is 0 Å². The van der Waals surface area contributed by atoms with Crippen LogP contribution in [-0.4, -0.2) is 9.55 Å². The van der Waals surface area contributed by atoms with Crippen LogP contribution in [0.1, 0.15) is 38.0 Å². The topological polar surface area (TPSA) is 43.8 Å². The third-order valence-corrected chi connectivity index (χ3v) is 2.15. The standard InChI is InChI=1S/C10H17N3/c1-4-5-8(2)13-7-12-6-10(13)9(3)11/h4,6-9H,1,5,11H2,2-3H3/t8?,9-/m1/s1. The molecule has 0 aliphatic carbocycles. The number of aromatic nitrogens is 2. The van der Waals surface area contributed by atoms with E-state index >= 15 is 0 Å². The Morgan fingerprint density at radius 1 is 1.69 bits per heavy atom. The molecule has 0 radical (unpaired) electrons. The first-order chi connectivity index (χ1) is 6.16. The lowest BCUT2D eigenvalue weighted by Crippen LogP contribution is -2.14. The van der Waals surface area contributed by atoms with Crippen LogP contribution in [-0.2, 0) is 0 Å². The Labute approximate surface area is 79.3 Å². The normalized spacial score (nSPS) is 15.3. The molecule has 1 rings (SSSR count). The predicted molar refractivity (Wildman–Crippen MR) is 54.4 cm³/mol. The molecular formula is C10H17N3. The van der Waals surface area contributed by atoms with E-state index < -0.39 is 0 Å². The van der Waals surface area contributed by atoms with Gasteiger partial charge in [0.2, 0.25) is 0 Å². The summed E-state index contributed by atoms with van der Waals surface area (Å²) in [6, 6.07) is 0.427. The SMILES string of the molecule is C=CCC(C)n1cncc1[C@@H](C)N. The average molecular weight is 179 g/mol. The highest BCUT2D eigenvalue weighted by Crippen LogP contribution is 2.17. The van der Waals surface area contributed by atoms with Gasteiger partial charge in [0.15, 0.2) is 0 Å². The molecule has 13 heavy (non-hydrogen) atoms. The predicted octanol–water partition coefficient (Wildman–Crippen LogP) is 2.04. The molecule has 0 amide bonds. The Kier molecular flexibility index (Phi) is 3.25. The van der Waals surface area contributed by atoms with Crippen LogP contribution in [0.15, 0.2) is 25.2 Å². The second kappa shape index (κ2) is 4.23. The molecular weight excluding hydrogens is 162 g/mol. The molecule has 0 saturated carbocycles. The zero-order valence-electron chi connectivity index (χ0n) is 8.27. The van der Waals surface area contributed by atoms with E-state index in [1.807, 2.05) is 25.5 Å². The average Bonchev–Trinajstić information content (AvgIpc) is 2.52. The first-order valence-corrected chi connectivity index (χ1v) is 4.55. The van der Waals surface area contributed by atoms with Gasteiger partial charge in [-0.3, -0.25) is 0 Å². The van der Waals surface area contributed by atoms with Crippen LogP contribution in [0.5, 0.6) is 0 Å². The zero-order valence-corrected chi connectivity index (χ0v) is 8.27. The molecule has 0 aromatic carbocycles. The molecule has 72 valence electrons. The molecule has 1 aromatic heterocycles. The van der Waals surface area contributed by atoms with Gasteiger partial charge in [-0.25, -0.2) is 4.98 Å². The maximum absolute atomic E-state index is 5.81. The van der Waals surface area contributed by atoms with Crippen LogP contribution in [0.4, 0.5) is 0 Å². The third-order valence-electron chi connectivity index (χ3n) is 2.15. The van der Waals surface area contributed by atoms with Gasteiger partial charge in [0.05, 0.1) is 12.0 Å². The maximum Gasteiger partial charge on any atom is 0.0951 e. The van der Waals surface area contributed by atoms with E-state index in [4.69, 9.17) is 5.73 Å². The molecule has 0 aliphatic heterocycles. The Hall–Kier alpha value is -1.09. The van der Waals surface area contributed by atoms with E-state index in [-0.39, 0.29) is 6.04 Å². The van der Waals surface area contributed by atoms with E-state index in [2.05, 4.69) is 23.1 Å². The van der Waals surface area contributed by atoms with Crippen LogP contribution >= 0.6 is 0 Å². The van der Waals surface area contributed by atoms with Crippen molar-refractivity contribution in [1.82, 2.24) is 9.55 Å². The molecule has 0 saturated heterocycles. The van der Waals surface area contributed by atoms with Gasteiger partial charge in [0.25, 0.3) is 0 Å². The Bertz CT molecular complexity index is 275. The minimum Gasteiger partial charge on any atom is -0.330 e. The molecule has 0 fully saturated rings. The molecule has 3 nitrogen and oxygen atoms in total. The van der Waals surface area contributed by atoms with E-state index in [0.29, 0.717) is 6.04 Å². The summed E-state index contributed by atoms with van der Waals surface area (Å²) in [6.07, 6.45) is 6.50. The van der Waals surface area contributed by atoms with Crippen molar-refractivity contribution in [2.45, 2.75) is 32.4 Å². The number of hydrogen-bond donors (Lipinski definition) is 1. The van der Waals surface area contributed by atoms with Crippen molar-refractivity contribution >= 4 is 0 Å². The highest BCUT2D eigenvalue weighted by Gasteiger charge is 2.10. The second-order valence-electron chi connectivity index (χ2n) is 3.39. The van der Waals surface area contributed by atoms with E-state index in [9.17, 15) is 0 Å². The second-order valence-corrected chi connectivity index (χ2v) is 3.39. The number of nitrogens with two attached hydrogens (primary N) is 1. The van der Waals surface area contributed by atoms with Gasteiger partial charge in [0, 0.05) is 18.3 Å². The Morgan fingerprint density at radius 3 is 2.92 bits per heavy atom. The fraction of sp³-hybridized carbons (Fsp3) is 0.500. The molecule has 2 atom stereocenters. The van der Waals surface area contributed by atoms with Crippen molar-refractivity contribution in [3.8, 4) is 0 Å². The monoisotopic (exact) mass is 179 g/mol. The van der Waals surface area contributed by atoms with Gasteiger partial charge in [-0.15, -0.1) is 6.58 Å². The lowest BCUT2D eigenvalue weighted by molar-refractivity contribution is 0.518. The summed E-state index contributed by atoms with van der Waals surface area (Å²) in [5.74, 6) is 0. The van der Waals surface area contributed by atoms with Crippen LogP contribution in [0.25, 0.3) is 0 Å². The summed E-state index contributed by atoms with van der Waals surface area (Å²) in [5.41, 5.74) is 6.88.